The molecule has 1 N–H and O–H groups in total. The Bertz CT molecular complexity index is 460. The van der Waals surface area contributed by atoms with Crippen LogP contribution in [0.4, 0.5) is 5.69 Å². The molecule has 0 saturated heterocycles. The van der Waals surface area contributed by atoms with Crippen LogP contribution in [-0.2, 0) is 4.79 Å². The van der Waals surface area contributed by atoms with Crippen molar-refractivity contribution in [2.45, 2.75) is 25.9 Å². The Morgan fingerprint density at radius 1 is 1.50 bits per heavy atom. The molecule has 2 rings (SSSR count). The van der Waals surface area contributed by atoms with Gasteiger partial charge in [0.15, 0.2) is 5.75 Å². The van der Waals surface area contributed by atoms with Crippen LogP contribution in [-0.4, -0.2) is 11.5 Å². The Balaban J connectivity index is 2.54. The Hall–Kier alpha value is -0.740. The number of halogens is 2. The zero-order chi connectivity index (χ0) is 11.9. The number of carbonyl (C=O) groups excluding carboxylic acids is 1. The molecule has 1 aromatic carbocycles. The van der Waals surface area contributed by atoms with Gasteiger partial charge < -0.3 is 10.1 Å². The zero-order valence-corrected chi connectivity index (χ0v) is 11.3. The van der Waals surface area contributed by atoms with Crippen molar-refractivity contribution in [2.75, 3.05) is 5.32 Å². The van der Waals surface area contributed by atoms with Crippen molar-refractivity contribution in [3.05, 3.63) is 21.6 Å². The first-order valence-electron chi connectivity index (χ1n) is 4.85. The average Bonchev–Trinajstić information content (AvgIpc) is 2.19. The molecule has 0 aliphatic carbocycles. The summed E-state index contributed by atoms with van der Waals surface area (Å²) in [4.78, 5) is 11.6. The summed E-state index contributed by atoms with van der Waals surface area (Å²) in [6.07, 6.45) is 0.301. The molecule has 0 fully saturated rings. The Morgan fingerprint density at radius 2 is 2.19 bits per heavy atom. The molecule has 1 aliphatic rings. The first-order valence-corrected chi connectivity index (χ1v) is 6.02. The lowest BCUT2D eigenvalue weighted by molar-refractivity contribution is -0.118. The van der Waals surface area contributed by atoms with Crippen LogP contribution in [0, 0.1) is 0 Å². The van der Waals surface area contributed by atoms with E-state index < -0.39 is 5.60 Å². The van der Waals surface area contributed by atoms with Crippen LogP contribution in [0.25, 0.3) is 0 Å². The number of carbonyl (C=O) groups is 1. The van der Waals surface area contributed by atoms with E-state index in [1.807, 2.05) is 13.8 Å². The lowest BCUT2D eigenvalue weighted by atomic mass is 10.1. The summed E-state index contributed by atoms with van der Waals surface area (Å²) >= 11 is 9.41. The topological polar surface area (TPSA) is 38.3 Å². The normalized spacial score (nSPS) is 18.1. The minimum absolute atomic E-state index is 0.0714. The molecule has 0 atom stereocenters. The van der Waals surface area contributed by atoms with Gasteiger partial charge in [0.1, 0.15) is 5.60 Å². The van der Waals surface area contributed by atoms with Gasteiger partial charge >= 0.3 is 0 Å². The number of amides is 1. The van der Waals surface area contributed by atoms with Gasteiger partial charge in [-0.3, -0.25) is 4.79 Å². The van der Waals surface area contributed by atoms with E-state index in [0.717, 1.165) is 4.47 Å². The van der Waals surface area contributed by atoms with E-state index >= 15 is 0 Å². The largest absolute Gasteiger partial charge is 0.484 e. The number of hydrogen-bond donors (Lipinski definition) is 1. The predicted octanol–water partition coefficient (Wildman–Crippen LogP) is 3.60. The number of nitrogens with one attached hydrogen (secondary N) is 1. The number of anilines is 1. The average molecular weight is 305 g/mol. The van der Waals surface area contributed by atoms with Crippen molar-refractivity contribution < 1.29 is 9.53 Å². The van der Waals surface area contributed by atoms with Crippen LogP contribution in [0.3, 0.4) is 0 Å². The monoisotopic (exact) mass is 303 g/mol. The molecule has 5 heteroatoms. The van der Waals surface area contributed by atoms with Gasteiger partial charge in [-0.25, -0.2) is 0 Å². The summed E-state index contributed by atoms with van der Waals surface area (Å²) < 4.78 is 6.57. The summed E-state index contributed by atoms with van der Waals surface area (Å²) in [6, 6.07) is 3.52. The fourth-order valence-corrected chi connectivity index (χ4v) is 2.50. The smallest absolute Gasteiger partial charge is 0.228 e. The molecular weight excluding hydrogens is 293 g/mol. The van der Waals surface area contributed by atoms with Crippen molar-refractivity contribution in [1.82, 2.24) is 0 Å². The van der Waals surface area contributed by atoms with E-state index in [9.17, 15) is 4.79 Å². The summed E-state index contributed by atoms with van der Waals surface area (Å²) in [7, 11) is 0. The molecule has 0 saturated carbocycles. The first kappa shape index (κ1) is 11.7. The maximum absolute atomic E-state index is 11.6. The minimum Gasteiger partial charge on any atom is -0.484 e. The van der Waals surface area contributed by atoms with E-state index in [0.29, 0.717) is 22.9 Å². The quantitative estimate of drug-likeness (QED) is 0.795. The van der Waals surface area contributed by atoms with Gasteiger partial charge in [-0.2, -0.15) is 0 Å². The standard InChI is InChI=1S/C11H11BrClNO2/c1-11(2)5-9(15)14-8-4-6(12)3-7(13)10(8)16-11/h3-4H,5H2,1-2H3,(H,14,15). The maximum Gasteiger partial charge on any atom is 0.228 e. The SMILES string of the molecule is CC1(C)CC(=O)Nc2cc(Br)cc(Cl)c2O1. The highest BCUT2D eigenvalue weighted by molar-refractivity contribution is 9.10. The van der Waals surface area contributed by atoms with Gasteiger partial charge in [-0.1, -0.05) is 27.5 Å². The highest BCUT2D eigenvalue weighted by atomic mass is 79.9. The second-order valence-electron chi connectivity index (χ2n) is 4.35. The van der Waals surface area contributed by atoms with Crippen LogP contribution in [0.5, 0.6) is 5.75 Å². The fraction of sp³-hybridized carbons (Fsp3) is 0.364. The van der Waals surface area contributed by atoms with Gasteiger partial charge in [-0.15, -0.1) is 0 Å². The maximum atomic E-state index is 11.6. The van der Waals surface area contributed by atoms with Gasteiger partial charge in [0.05, 0.1) is 17.1 Å². The number of hydrogen-bond acceptors (Lipinski definition) is 2. The van der Waals surface area contributed by atoms with E-state index in [1.54, 1.807) is 12.1 Å². The Kier molecular flexibility index (Phi) is 2.88. The number of rotatable bonds is 0. The molecular formula is C11H11BrClNO2. The molecule has 0 spiro atoms. The second-order valence-corrected chi connectivity index (χ2v) is 5.67. The molecule has 0 unspecified atom stereocenters. The van der Waals surface area contributed by atoms with Crippen molar-refractivity contribution in [3.63, 3.8) is 0 Å². The molecule has 1 aliphatic heterocycles. The molecule has 3 nitrogen and oxygen atoms in total. The minimum atomic E-state index is -0.549. The molecule has 86 valence electrons. The third-order valence-corrected chi connectivity index (χ3v) is 2.99. The van der Waals surface area contributed by atoms with E-state index in [2.05, 4.69) is 21.2 Å². The Morgan fingerprint density at radius 3 is 2.88 bits per heavy atom. The van der Waals surface area contributed by atoms with Crippen LogP contribution >= 0.6 is 27.5 Å². The van der Waals surface area contributed by atoms with Gasteiger partial charge in [-0.05, 0) is 26.0 Å². The molecule has 0 bridgehead atoms. The third-order valence-electron chi connectivity index (χ3n) is 2.25. The predicted molar refractivity (Wildman–Crippen MR) is 67.1 cm³/mol. The fourth-order valence-electron chi connectivity index (χ4n) is 1.65. The second kappa shape index (κ2) is 3.93. The first-order chi connectivity index (χ1) is 7.37. The van der Waals surface area contributed by atoms with Crippen LogP contribution in [0.15, 0.2) is 16.6 Å². The zero-order valence-electron chi connectivity index (χ0n) is 8.93. The van der Waals surface area contributed by atoms with Crippen LogP contribution in [0.1, 0.15) is 20.3 Å². The van der Waals surface area contributed by atoms with Crippen molar-refractivity contribution in [1.29, 1.82) is 0 Å². The van der Waals surface area contributed by atoms with Crippen LogP contribution in [0.2, 0.25) is 5.02 Å². The van der Waals surface area contributed by atoms with E-state index in [4.69, 9.17) is 16.3 Å². The Labute approximate surface area is 107 Å². The summed E-state index contributed by atoms with van der Waals surface area (Å²) in [5.41, 5.74) is 0.0576. The van der Waals surface area contributed by atoms with Crippen molar-refractivity contribution >= 4 is 39.1 Å². The summed E-state index contributed by atoms with van der Waals surface area (Å²) in [6.45, 7) is 3.72. The van der Waals surface area contributed by atoms with Crippen molar-refractivity contribution in [3.8, 4) is 5.75 Å². The molecule has 1 heterocycles. The molecule has 1 amide bonds. The van der Waals surface area contributed by atoms with Crippen molar-refractivity contribution in [2.24, 2.45) is 0 Å². The molecule has 0 aromatic heterocycles. The lowest BCUT2D eigenvalue weighted by Crippen LogP contribution is -2.30. The number of ether oxygens (including phenoxy) is 1. The van der Waals surface area contributed by atoms with E-state index in [1.165, 1.54) is 0 Å². The molecule has 16 heavy (non-hydrogen) atoms. The van der Waals surface area contributed by atoms with E-state index in [-0.39, 0.29) is 5.91 Å². The van der Waals surface area contributed by atoms with Gasteiger partial charge in [0.2, 0.25) is 5.91 Å². The van der Waals surface area contributed by atoms with Crippen LogP contribution < -0.4 is 10.1 Å². The molecule has 0 radical (unpaired) electrons. The summed E-state index contributed by atoms with van der Waals surface area (Å²) in [5, 5.41) is 3.27. The summed E-state index contributed by atoms with van der Waals surface area (Å²) in [5.74, 6) is 0.457. The van der Waals surface area contributed by atoms with Gasteiger partial charge in [0.25, 0.3) is 0 Å². The third kappa shape index (κ3) is 2.33. The number of fused-ring (bicyclic) bond motifs is 1. The lowest BCUT2D eigenvalue weighted by Gasteiger charge is -2.23. The van der Waals surface area contributed by atoms with Gasteiger partial charge in [0, 0.05) is 4.47 Å². The molecule has 1 aromatic rings. The highest BCUT2D eigenvalue weighted by Crippen LogP contribution is 2.40. The highest BCUT2D eigenvalue weighted by Gasteiger charge is 2.30. The number of benzene rings is 1.